The van der Waals surface area contributed by atoms with Gasteiger partial charge in [0.2, 0.25) is 0 Å². The van der Waals surface area contributed by atoms with Crippen molar-refractivity contribution in [1.82, 2.24) is 0 Å². The summed E-state index contributed by atoms with van der Waals surface area (Å²) in [5, 5.41) is 9.93. The molecule has 29 heavy (non-hydrogen) atoms. The Morgan fingerprint density at radius 2 is 0.966 bits per heavy atom. The molecule has 0 aliphatic carbocycles. The summed E-state index contributed by atoms with van der Waals surface area (Å²) >= 11 is 0. The van der Waals surface area contributed by atoms with Gasteiger partial charge in [-0.25, -0.2) is 0 Å². The van der Waals surface area contributed by atoms with Gasteiger partial charge in [-0.2, -0.15) is 0 Å². The van der Waals surface area contributed by atoms with E-state index in [0.29, 0.717) is 26.4 Å². The zero-order valence-electron chi connectivity index (χ0n) is 16.5. The van der Waals surface area contributed by atoms with E-state index in [1.807, 2.05) is 91.0 Å². The Balaban J connectivity index is 1.59. The molecule has 0 aliphatic heterocycles. The molecular weight excluding hydrogens is 364 g/mol. The fourth-order valence-corrected chi connectivity index (χ4v) is 2.96. The van der Waals surface area contributed by atoms with Crippen LogP contribution in [0.25, 0.3) is 0 Å². The maximum Gasteiger partial charge on any atom is 0.110 e. The standard InChI is InChI=1S/C25H28O4/c26-16-24(28-18-22-12-6-2-7-13-22)25(29-19-23-14-8-3-9-15-23)20-27-17-21-10-4-1-5-11-21/h1-15,24-26H,16-20H2/t24-,25+/m0/s1. The van der Waals surface area contributed by atoms with Crippen molar-refractivity contribution < 1.29 is 19.3 Å². The lowest BCUT2D eigenvalue weighted by atomic mass is 10.2. The van der Waals surface area contributed by atoms with Gasteiger partial charge >= 0.3 is 0 Å². The van der Waals surface area contributed by atoms with E-state index in [2.05, 4.69) is 0 Å². The predicted octanol–water partition coefficient (Wildman–Crippen LogP) is 4.37. The Morgan fingerprint density at radius 1 is 0.552 bits per heavy atom. The van der Waals surface area contributed by atoms with Gasteiger partial charge in [0.15, 0.2) is 0 Å². The minimum Gasteiger partial charge on any atom is -0.394 e. The molecule has 4 heteroatoms. The quantitative estimate of drug-likeness (QED) is 0.497. The van der Waals surface area contributed by atoms with Gasteiger partial charge in [-0.05, 0) is 16.7 Å². The first-order valence-electron chi connectivity index (χ1n) is 9.88. The highest BCUT2D eigenvalue weighted by atomic mass is 16.6. The largest absolute Gasteiger partial charge is 0.394 e. The van der Waals surface area contributed by atoms with Crippen molar-refractivity contribution in [3.63, 3.8) is 0 Å². The summed E-state index contributed by atoms with van der Waals surface area (Å²) < 4.78 is 18.0. The normalized spacial score (nSPS) is 13.1. The molecular formula is C25H28O4. The van der Waals surface area contributed by atoms with Crippen molar-refractivity contribution >= 4 is 0 Å². The summed E-state index contributed by atoms with van der Waals surface area (Å²) in [5.74, 6) is 0. The molecule has 0 aromatic heterocycles. The average molecular weight is 392 g/mol. The Kier molecular flexibility index (Phi) is 8.88. The van der Waals surface area contributed by atoms with Crippen molar-refractivity contribution in [1.29, 1.82) is 0 Å². The van der Waals surface area contributed by atoms with E-state index >= 15 is 0 Å². The molecule has 0 saturated carbocycles. The lowest BCUT2D eigenvalue weighted by Gasteiger charge is -2.26. The van der Waals surface area contributed by atoms with Crippen LogP contribution < -0.4 is 0 Å². The summed E-state index contributed by atoms with van der Waals surface area (Å²) in [6.45, 7) is 1.53. The number of ether oxygens (including phenoxy) is 3. The Bertz CT molecular complexity index is 793. The van der Waals surface area contributed by atoms with E-state index in [4.69, 9.17) is 14.2 Å². The van der Waals surface area contributed by atoms with Gasteiger partial charge in [-0.1, -0.05) is 91.0 Å². The van der Waals surface area contributed by atoms with Gasteiger partial charge in [0.1, 0.15) is 12.2 Å². The van der Waals surface area contributed by atoms with Crippen LogP contribution in [0.4, 0.5) is 0 Å². The van der Waals surface area contributed by atoms with E-state index in [1.165, 1.54) is 0 Å². The van der Waals surface area contributed by atoms with Crippen LogP contribution in [0, 0.1) is 0 Å². The molecule has 4 nitrogen and oxygen atoms in total. The zero-order chi connectivity index (χ0) is 20.2. The number of aliphatic hydroxyl groups excluding tert-OH is 1. The highest BCUT2D eigenvalue weighted by molar-refractivity contribution is 5.15. The molecule has 3 aromatic carbocycles. The molecule has 0 fully saturated rings. The third-order valence-corrected chi connectivity index (χ3v) is 4.60. The minimum atomic E-state index is -0.477. The number of aliphatic hydroxyl groups is 1. The molecule has 152 valence electrons. The Labute approximate surface area is 172 Å². The van der Waals surface area contributed by atoms with Gasteiger partial charge in [0.05, 0.1) is 33.0 Å². The van der Waals surface area contributed by atoms with E-state index in [9.17, 15) is 5.11 Å². The lowest BCUT2D eigenvalue weighted by Crippen LogP contribution is -2.38. The van der Waals surface area contributed by atoms with Crippen LogP contribution in [-0.2, 0) is 34.0 Å². The fourth-order valence-electron chi connectivity index (χ4n) is 2.96. The second-order valence-electron chi connectivity index (χ2n) is 6.85. The van der Waals surface area contributed by atoms with Gasteiger partial charge in [-0.15, -0.1) is 0 Å². The first kappa shape index (κ1) is 21.2. The molecule has 0 bridgehead atoms. The van der Waals surface area contributed by atoms with Crippen molar-refractivity contribution in [3.05, 3.63) is 108 Å². The van der Waals surface area contributed by atoms with Crippen LogP contribution in [-0.4, -0.2) is 30.5 Å². The van der Waals surface area contributed by atoms with Gasteiger partial charge in [0.25, 0.3) is 0 Å². The van der Waals surface area contributed by atoms with Crippen molar-refractivity contribution in [2.24, 2.45) is 0 Å². The van der Waals surface area contributed by atoms with Crippen LogP contribution in [0.1, 0.15) is 16.7 Å². The molecule has 0 spiro atoms. The van der Waals surface area contributed by atoms with Crippen molar-refractivity contribution in [3.8, 4) is 0 Å². The molecule has 1 N–H and O–H groups in total. The molecule has 2 atom stereocenters. The van der Waals surface area contributed by atoms with E-state index in [-0.39, 0.29) is 12.7 Å². The summed E-state index contributed by atoms with van der Waals surface area (Å²) in [6.07, 6.45) is -0.859. The maximum atomic E-state index is 9.93. The molecule has 0 aliphatic rings. The molecule has 0 saturated heterocycles. The first-order chi connectivity index (χ1) is 14.3. The predicted molar refractivity (Wildman–Crippen MR) is 113 cm³/mol. The monoisotopic (exact) mass is 392 g/mol. The molecule has 0 radical (unpaired) electrons. The van der Waals surface area contributed by atoms with Crippen LogP contribution in [0.2, 0.25) is 0 Å². The molecule has 0 amide bonds. The van der Waals surface area contributed by atoms with Crippen LogP contribution in [0.5, 0.6) is 0 Å². The van der Waals surface area contributed by atoms with Crippen LogP contribution in [0.3, 0.4) is 0 Å². The topological polar surface area (TPSA) is 47.9 Å². The highest BCUT2D eigenvalue weighted by Crippen LogP contribution is 2.13. The Hall–Kier alpha value is -2.50. The highest BCUT2D eigenvalue weighted by Gasteiger charge is 2.23. The zero-order valence-corrected chi connectivity index (χ0v) is 16.5. The number of rotatable bonds is 12. The van der Waals surface area contributed by atoms with Gasteiger partial charge < -0.3 is 19.3 Å². The Morgan fingerprint density at radius 3 is 1.41 bits per heavy atom. The number of benzene rings is 3. The number of hydrogen-bond donors (Lipinski definition) is 1. The maximum absolute atomic E-state index is 9.93. The lowest BCUT2D eigenvalue weighted by molar-refractivity contribution is -0.130. The van der Waals surface area contributed by atoms with Crippen LogP contribution in [0.15, 0.2) is 91.0 Å². The summed E-state index contributed by atoms with van der Waals surface area (Å²) in [6, 6.07) is 29.9. The van der Waals surface area contributed by atoms with E-state index in [1.54, 1.807) is 0 Å². The smallest absolute Gasteiger partial charge is 0.110 e. The van der Waals surface area contributed by atoms with Crippen molar-refractivity contribution in [2.75, 3.05) is 13.2 Å². The fraction of sp³-hybridized carbons (Fsp3) is 0.280. The van der Waals surface area contributed by atoms with Crippen LogP contribution >= 0.6 is 0 Å². The molecule has 3 rings (SSSR count). The van der Waals surface area contributed by atoms with Gasteiger partial charge in [0, 0.05) is 0 Å². The van der Waals surface area contributed by atoms with E-state index in [0.717, 1.165) is 16.7 Å². The molecule has 0 heterocycles. The van der Waals surface area contributed by atoms with Gasteiger partial charge in [-0.3, -0.25) is 0 Å². The SMILES string of the molecule is OC[C@H](OCc1ccccc1)[C@@H](COCc1ccccc1)OCc1ccccc1. The first-order valence-corrected chi connectivity index (χ1v) is 9.88. The molecule has 3 aromatic rings. The average Bonchev–Trinajstić information content (AvgIpc) is 2.79. The second kappa shape index (κ2) is 12.1. The van der Waals surface area contributed by atoms with E-state index < -0.39 is 6.10 Å². The number of hydrogen-bond acceptors (Lipinski definition) is 4. The summed E-state index contributed by atoms with van der Waals surface area (Å²) in [5.41, 5.74) is 3.22. The summed E-state index contributed by atoms with van der Waals surface area (Å²) in [4.78, 5) is 0. The third kappa shape index (κ3) is 7.44. The second-order valence-corrected chi connectivity index (χ2v) is 6.85. The third-order valence-electron chi connectivity index (χ3n) is 4.60. The van der Waals surface area contributed by atoms with Crippen molar-refractivity contribution in [2.45, 2.75) is 32.0 Å². The minimum absolute atomic E-state index is 0.138. The molecule has 0 unspecified atom stereocenters. The summed E-state index contributed by atoms with van der Waals surface area (Å²) in [7, 11) is 0.